The van der Waals surface area contributed by atoms with E-state index in [2.05, 4.69) is 21.7 Å². The average molecular weight is 363 g/mol. The van der Waals surface area contributed by atoms with Gasteiger partial charge in [-0.2, -0.15) is 5.26 Å². The van der Waals surface area contributed by atoms with Crippen LogP contribution in [0.25, 0.3) is 0 Å². The predicted molar refractivity (Wildman–Crippen MR) is 103 cm³/mol. The number of hydrogen-bond acceptors (Lipinski definition) is 4. The molecule has 0 aliphatic rings. The van der Waals surface area contributed by atoms with E-state index in [0.717, 1.165) is 11.3 Å². The number of hydrogen-bond donors (Lipinski definition) is 2. The van der Waals surface area contributed by atoms with Crippen molar-refractivity contribution in [2.24, 2.45) is 0 Å². The molecule has 5 nitrogen and oxygen atoms in total. The Morgan fingerprint density at radius 3 is 2.65 bits per heavy atom. The Balaban J connectivity index is 1.76. The van der Waals surface area contributed by atoms with Gasteiger partial charge in [-0.3, -0.25) is 4.79 Å². The van der Waals surface area contributed by atoms with E-state index < -0.39 is 0 Å². The van der Waals surface area contributed by atoms with Gasteiger partial charge in [-0.1, -0.05) is 17.7 Å². The van der Waals surface area contributed by atoms with Crippen molar-refractivity contribution >= 4 is 34.7 Å². The number of nitrogens with one attached hydrogen (secondary N) is 2. The minimum atomic E-state index is -0.249. The van der Waals surface area contributed by atoms with E-state index in [1.807, 2.05) is 6.92 Å². The summed E-state index contributed by atoms with van der Waals surface area (Å²) in [6.07, 6.45) is 1.56. The first kappa shape index (κ1) is 17.5. The van der Waals surface area contributed by atoms with Gasteiger partial charge >= 0.3 is 0 Å². The summed E-state index contributed by atoms with van der Waals surface area (Å²) in [6.45, 7) is 1.85. The highest BCUT2D eigenvalue weighted by atomic mass is 35.5. The summed E-state index contributed by atoms with van der Waals surface area (Å²) < 4.78 is 0. The first-order valence-electron chi connectivity index (χ1n) is 7.86. The highest BCUT2D eigenvalue weighted by molar-refractivity contribution is 6.31. The van der Waals surface area contributed by atoms with Crippen molar-refractivity contribution in [2.45, 2.75) is 6.92 Å². The highest BCUT2D eigenvalue weighted by Gasteiger charge is 2.10. The molecule has 0 saturated carbocycles. The maximum Gasteiger partial charge on any atom is 0.255 e. The smallest absolute Gasteiger partial charge is 0.255 e. The first-order chi connectivity index (χ1) is 12.6. The van der Waals surface area contributed by atoms with Gasteiger partial charge in [0.1, 0.15) is 5.82 Å². The zero-order valence-corrected chi connectivity index (χ0v) is 14.7. The number of nitriles is 1. The van der Waals surface area contributed by atoms with Crippen LogP contribution in [-0.2, 0) is 0 Å². The van der Waals surface area contributed by atoms with Crippen LogP contribution in [0.4, 0.5) is 17.2 Å². The summed E-state index contributed by atoms with van der Waals surface area (Å²) in [4.78, 5) is 16.7. The van der Waals surface area contributed by atoms with Crippen LogP contribution in [0.15, 0.2) is 60.8 Å². The minimum Gasteiger partial charge on any atom is -0.340 e. The third kappa shape index (κ3) is 4.00. The standard InChI is InChI=1S/C20H15ClN4O/c1-13-17(21)3-2-4-18(13)25-20(26)15-9-10-23-19(11-15)24-16-7-5-14(12-22)6-8-16/h2-11H,1H3,(H,23,24)(H,25,26). The van der Waals surface area contributed by atoms with Crippen LogP contribution in [0.1, 0.15) is 21.5 Å². The monoisotopic (exact) mass is 362 g/mol. The fraction of sp³-hybridized carbons (Fsp3) is 0.0500. The molecule has 1 aromatic heterocycles. The van der Waals surface area contributed by atoms with E-state index in [0.29, 0.717) is 27.7 Å². The number of aromatic nitrogens is 1. The maximum absolute atomic E-state index is 12.5. The quantitative estimate of drug-likeness (QED) is 0.691. The van der Waals surface area contributed by atoms with Crippen LogP contribution in [0.5, 0.6) is 0 Å². The third-order valence-corrected chi connectivity index (χ3v) is 4.23. The molecule has 0 radical (unpaired) electrons. The number of rotatable bonds is 4. The molecule has 0 aliphatic heterocycles. The fourth-order valence-corrected chi connectivity index (χ4v) is 2.53. The van der Waals surface area contributed by atoms with Crippen LogP contribution < -0.4 is 10.6 Å². The molecule has 0 spiro atoms. The number of amides is 1. The van der Waals surface area contributed by atoms with Crippen molar-refractivity contribution in [1.29, 1.82) is 5.26 Å². The lowest BCUT2D eigenvalue weighted by Gasteiger charge is -2.11. The SMILES string of the molecule is Cc1c(Cl)cccc1NC(=O)c1ccnc(Nc2ccc(C#N)cc2)c1. The Labute approximate surface area is 156 Å². The molecule has 0 fully saturated rings. The Morgan fingerprint density at radius 2 is 1.92 bits per heavy atom. The van der Waals surface area contributed by atoms with Crippen molar-refractivity contribution in [3.05, 3.63) is 82.5 Å². The first-order valence-corrected chi connectivity index (χ1v) is 8.24. The number of carbonyl (C=O) groups is 1. The number of halogens is 1. The number of carbonyl (C=O) groups excluding carboxylic acids is 1. The second-order valence-corrected chi connectivity index (χ2v) is 6.02. The zero-order valence-electron chi connectivity index (χ0n) is 14.0. The fourth-order valence-electron chi connectivity index (χ4n) is 2.35. The van der Waals surface area contributed by atoms with E-state index in [4.69, 9.17) is 16.9 Å². The van der Waals surface area contributed by atoms with E-state index in [-0.39, 0.29) is 5.91 Å². The van der Waals surface area contributed by atoms with Crippen molar-refractivity contribution in [1.82, 2.24) is 4.98 Å². The molecule has 0 aliphatic carbocycles. The van der Waals surface area contributed by atoms with Crippen LogP contribution in [0.2, 0.25) is 5.02 Å². The molecule has 0 atom stereocenters. The van der Waals surface area contributed by atoms with E-state index in [1.54, 1.807) is 60.8 Å². The Kier molecular flexibility index (Phi) is 5.16. The Morgan fingerprint density at radius 1 is 1.15 bits per heavy atom. The molecule has 0 saturated heterocycles. The predicted octanol–water partition coefficient (Wildman–Crippen LogP) is 4.91. The maximum atomic E-state index is 12.5. The van der Waals surface area contributed by atoms with Gasteiger partial charge < -0.3 is 10.6 Å². The van der Waals surface area contributed by atoms with Gasteiger partial charge in [0.25, 0.3) is 5.91 Å². The van der Waals surface area contributed by atoms with Crippen LogP contribution in [0, 0.1) is 18.3 Å². The lowest BCUT2D eigenvalue weighted by molar-refractivity contribution is 0.102. The Bertz CT molecular complexity index is 993. The molecule has 3 aromatic rings. The van der Waals surface area contributed by atoms with Gasteiger partial charge in [0.2, 0.25) is 0 Å². The largest absolute Gasteiger partial charge is 0.340 e. The lowest BCUT2D eigenvalue weighted by Crippen LogP contribution is -2.13. The van der Waals surface area contributed by atoms with Crippen molar-refractivity contribution in [2.75, 3.05) is 10.6 Å². The molecule has 1 amide bonds. The topological polar surface area (TPSA) is 77.8 Å². The molecule has 3 rings (SSSR count). The Hall–Kier alpha value is -3.36. The number of anilines is 3. The van der Waals surface area contributed by atoms with Crippen molar-refractivity contribution < 1.29 is 4.79 Å². The highest BCUT2D eigenvalue weighted by Crippen LogP contribution is 2.24. The van der Waals surface area contributed by atoms with E-state index in [1.165, 1.54) is 0 Å². The van der Waals surface area contributed by atoms with Crippen LogP contribution in [-0.4, -0.2) is 10.9 Å². The van der Waals surface area contributed by atoms with Crippen molar-refractivity contribution in [3.8, 4) is 6.07 Å². The second-order valence-electron chi connectivity index (χ2n) is 5.61. The molecule has 2 N–H and O–H groups in total. The molecular weight excluding hydrogens is 348 g/mol. The van der Waals surface area contributed by atoms with Gasteiger partial charge in [-0.05, 0) is 61.0 Å². The lowest BCUT2D eigenvalue weighted by atomic mass is 10.1. The van der Waals surface area contributed by atoms with Gasteiger partial charge in [0.05, 0.1) is 11.6 Å². The summed E-state index contributed by atoms with van der Waals surface area (Å²) >= 11 is 6.09. The molecule has 128 valence electrons. The van der Waals surface area contributed by atoms with Gasteiger partial charge in [0.15, 0.2) is 0 Å². The third-order valence-electron chi connectivity index (χ3n) is 3.82. The summed E-state index contributed by atoms with van der Waals surface area (Å²) in [7, 11) is 0. The van der Waals surface area contributed by atoms with Gasteiger partial charge in [0, 0.05) is 28.2 Å². The molecule has 0 bridgehead atoms. The molecule has 2 aromatic carbocycles. The zero-order chi connectivity index (χ0) is 18.5. The number of nitrogens with zero attached hydrogens (tertiary/aromatic N) is 2. The second kappa shape index (κ2) is 7.68. The van der Waals surface area contributed by atoms with E-state index >= 15 is 0 Å². The van der Waals surface area contributed by atoms with Crippen molar-refractivity contribution in [3.63, 3.8) is 0 Å². The molecule has 1 heterocycles. The molecule has 6 heteroatoms. The summed E-state index contributed by atoms with van der Waals surface area (Å²) in [5, 5.41) is 15.4. The van der Waals surface area contributed by atoms with Crippen LogP contribution >= 0.6 is 11.6 Å². The summed E-state index contributed by atoms with van der Waals surface area (Å²) in [6, 6.07) is 17.7. The minimum absolute atomic E-state index is 0.249. The van der Waals surface area contributed by atoms with Gasteiger partial charge in [-0.25, -0.2) is 4.98 Å². The molecular formula is C20H15ClN4O. The normalized spacial score (nSPS) is 10.0. The number of pyridine rings is 1. The molecule has 26 heavy (non-hydrogen) atoms. The van der Waals surface area contributed by atoms with Gasteiger partial charge in [-0.15, -0.1) is 0 Å². The summed E-state index contributed by atoms with van der Waals surface area (Å²) in [5.41, 5.74) is 3.30. The average Bonchev–Trinajstić information content (AvgIpc) is 2.66. The van der Waals surface area contributed by atoms with Crippen LogP contribution in [0.3, 0.4) is 0 Å². The summed E-state index contributed by atoms with van der Waals surface area (Å²) in [5.74, 6) is 0.283. The van der Waals surface area contributed by atoms with E-state index in [9.17, 15) is 4.79 Å². The number of benzene rings is 2. The molecule has 0 unspecified atom stereocenters.